The van der Waals surface area contributed by atoms with E-state index in [-0.39, 0.29) is 36.3 Å². The van der Waals surface area contributed by atoms with Gasteiger partial charge in [-0.05, 0) is 61.1 Å². The minimum absolute atomic E-state index is 0.0650. The molecule has 0 radical (unpaired) electrons. The zero-order valence-electron chi connectivity index (χ0n) is 29.0. The third-order valence-corrected chi connectivity index (χ3v) is 9.83. The largest absolute Gasteiger partial charge is 0.457 e. The summed E-state index contributed by atoms with van der Waals surface area (Å²) >= 11 is 0. The van der Waals surface area contributed by atoms with Crippen molar-refractivity contribution in [3.05, 3.63) is 12.2 Å². The van der Waals surface area contributed by atoms with Crippen LogP contribution in [0, 0.1) is 17.8 Å². The maximum Gasteiger partial charge on any atom is 0.408 e. The molecule has 0 unspecified atom stereocenters. The lowest BCUT2D eigenvalue weighted by Crippen LogP contribution is -2.60. The molecule has 3 aliphatic heterocycles. The van der Waals surface area contributed by atoms with Crippen LogP contribution in [0.4, 0.5) is 4.79 Å². The van der Waals surface area contributed by atoms with Gasteiger partial charge in [-0.3, -0.25) is 19.2 Å². The van der Waals surface area contributed by atoms with Gasteiger partial charge in [-0.25, -0.2) is 4.79 Å². The molecule has 0 aromatic carbocycles. The van der Waals surface area contributed by atoms with Crippen molar-refractivity contribution in [3.8, 4) is 0 Å². The number of methoxy groups -OCH3 is 1. The molecule has 3 fully saturated rings. The second-order valence-electron chi connectivity index (χ2n) is 13.6. The Hall–Kier alpha value is -2.87. The molecule has 0 aliphatic carbocycles. The summed E-state index contributed by atoms with van der Waals surface area (Å²) in [7, 11) is 5.18. The SMILES string of the molecule is C=C1C(=O)[C@H](C)C[C@@](C)(OC)[C@H](O[C@@H]2O[C@H](C)C[C@H](N(C)C)[C@H]2OC(C)=O)[C@@H](C)C(=O)[C@@H](C)C(=O)O[C@H](CC)[C@@]2(C)OC(=O)N[C@H]12. The molecule has 0 saturated carbocycles. The third kappa shape index (κ3) is 7.48. The number of hydrogen-bond acceptors (Lipinski definition) is 12. The van der Waals surface area contributed by atoms with Gasteiger partial charge >= 0.3 is 18.0 Å². The number of esters is 2. The Morgan fingerprint density at radius 2 is 1.74 bits per heavy atom. The van der Waals surface area contributed by atoms with Crippen LogP contribution in [0.15, 0.2) is 12.2 Å². The zero-order chi connectivity index (χ0) is 34.9. The molecular formula is C33H52N2O11. The Morgan fingerprint density at radius 3 is 2.28 bits per heavy atom. The highest BCUT2D eigenvalue weighted by Crippen LogP contribution is 2.40. The van der Waals surface area contributed by atoms with Crippen LogP contribution in [0.3, 0.4) is 0 Å². The van der Waals surface area contributed by atoms with Gasteiger partial charge in [0.1, 0.15) is 18.1 Å². The van der Waals surface area contributed by atoms with Crippen molar-refractivity contribution in [3.63, 3.8) is 0 Å². The van der Waals surface area contributed by atoms with Crippen LogP contribution in [-0.2, 0) is 47.6 Å². The lowest BCUT2D eigenvalue weighted by atomic mass is 9.75. The first-order chi connectivity index (χ1) is 21.3. The number of likely N-dealkylation sites (N-methyl/N-ethyl adjacent to an activating group) is 1. The van der Waals surface area contributed by atoms with E-state index in [0.717, 1.165) is 0 Å². The fourth-order valence-corrected chi connectivity index (χ4v) is 7.11. The lowest BCUT2D eigenvalue weighted by molar-refractivity contribution is -0.297. The van der Waals surface area contributed by atoms with Crippen molar-refractivity contribution in [1.82, 2.24) is 10.2 Å². The summed E-state index contributed by atoms with van der Waals surface area (Å²) in [5, 5.41) is 2.66. The number of alkyl carbamates (subject to hydrolysis) is 1. The topological polar surface area (TPSA) is 156 Å². The van der Waals surface area contributed by atoms with Crippen molar-refractivity contribution < 1.29 is 52.4 Å². The number of carbonyl (C=O) groups excluding carboxylic acids is 5. The molecule has 0 spiro atoms. The van der Waals surface area contributed by atoms with Crippen LogP contribution in [0.2, 0.25) is 0 Å². The van der Waals surface area contributed by atoms with E-state index in [1.54, 1.807) is 34.6 Å². The second-order valence-corrected chi connectivity index (χ2v) is 13.6. The predicted molar refractivity (Wildman–Crippen MR) is 166 cm³/mol. The average Bonchev–Trinajstić information content (AvgIpc) is 3.30. The van der Waals surface area contributed by atoms with Gasteiger partial charge in [0.2, 0.25) is 0 Å². The highest BCUT2D eigenvalue weighted by Gasteiger charge is 2.56. The fourth-order valence-electron chi connectivity index (χ4n) is 7.11. The highest BCUT2D eigenvalue weighted by atomic mass is 16.7. The molecule has 46 heavy (non-hydrogen) atoms. The van der Waals surface area contributed by atoms with E-state index in [0.29, 0.717) is 6.42 Å². The van der Waals surface area contributed by atoms with Gasteiger partial charge in [-0.2, -0.15) is 0 Å². The van der Waals surface area contributed by atoms with Gasteiger partial charge in [-0.1, -0.05) is 27.4 Å². The van der Waals surface area contributed by atoms with Crippen LogP contribution in [0.5, 0.6) is 0 Å². The number of nitrogens with zero attached hydrogens (tertiary/aromatic N) is 1. The molecule has 1 N–H and O–H groups in total. The second kappa shape index (κ2) is 14.5. The molecular weight excluding hydrogens is 600 g/mol. The van der Waals surface area contributed by atoms with Crippen LogP contribution < -0.4 is 5.32 Å². The van der Waals surface area contributed by atoms with Crippen LogP contribution in [0.1, 0.15) is 74.7 Å². The van der Waals surface area contributed by atoms with Crippen molar-refractivity contribution in [2.75, 3.05) is 21.2 Å². The van der Waals surface area contributed by atoms with E-state index in [2.05, 4.69) is 11.9 Å². The van der Waals surface area contributed by atoms with Gasteiger partial charge in [-0.15, -0.1) is 0 Å². The van der Waals surface area contributed by atoms with Gasteiger partial charge in [0.15, 0.2) is 29.6 Å². The molecule has 0 aromatic heterocycles. The van der Waals surface area contributed by atoms with Gasteiger partial charge in [0.25, 0.3) is 0 Å². The van der Waals surface area contributed by atoms with Gasteiger partial charge in [0, 0.05) is 31.4 Å². The van der Waals surface area contributed by atoms with E-state index >= 15 is 0 Å². The summed E-state index contributed by atoms with van der Waals surface area (Å²) in [6.07, 6.45) is -4.23. The first-order valence-corrected chi connectivity index (χ1v) is 16.0. The maximum atomic E-state index is 14.1. The molecule has 260 valence electrons. The number of ether oxygens (including phenoxy) is 6. The van der Waals surface area contributed by atoms with E-state index in [4.69, 9.17) is 28.4 Å². The molecule has 3 aliphatic rings. The molecule has 3 rings (SSSR count). The smallest absolute Gasteiger partial charge is 0.408 e. The minimum Gasteiger partial charge on any atom is -0.457 e. The first kappa shape index (κ1) is 37.6. The number of ketones is 2. The van der Waals surface area contributed by atoms with Crippen molar-refractivity contribution in [2.45, 2.75) is 129 Å². The Morgan fingerprint density at radius 1 is 1.11 bits per heavy atom. The minimum atomic E-state index is -1.45. The summed E-state index contributed by atoms with van der Waals surface area (Å²) < 4.78 is 36.1. The number of rotatable bonds is 6. The summed E-state index contributed by atoms with van der Waals surface area (Å²) in [5.74, 6) is -5.15. The summed E-state index contributed by atoms with van der Waals surface area (Å²) in [6, 6.07) is -1.26. The monoisotopic (exact) mass is 652 g/mol. The molecule has 3 heterocycles. The summed E-state index contributed by atoms with van der Waals surface area (Å²) in [6.45, 7) is 17.0. The molecule has 3 saturated heterocycles. The maximum absolute atomic E-state index is 14.1. The Labute approximate surface area is 272 Å². The Kier molecular flexibility index (Phi) is 11.8. The van der Waals surface area contributed by atoms with E-state index in [9.17, 15) is 24.0 Å². The van der Waals surface area contributed by atoms with Crippen molar-refractivity contribution in [2.24, 2.45) is 17.8 Å². The Balaban J connectivity index is 2.13. The normalized spacial score (nSPS) is 41.3. The van der Waals surface area contributed by atoms with Crippen molar-refractivity contribution in [1.29, 1.82) is 0 Å². The number of amides is 1. The third-order valence-electron chi connectivity index (χ3n) is 9.83. The van der Waals surface area contributed by atoms with Crippen LogP contribution in [-0.4, -0.2) is 110 Å². The average molecular weight is 653 g/mol. The number of nitrogens with one attached hydrogen (secondary N) is 1. The number of hydrogen-bond donors (Lipinski definition) is 1. The quantitative estimate of drug-likeness (QED) is 0.194. The molecule has 13 nitrogen and oxygen atoms in total. The standard InChI is InChI=1S/C33H52N2O11/c1-13-23-33(9)27(34-31(40)46-33)18(4)24(37)16(2)15-32(8,41-12)28(19(5)25(38)20(6)29(39)44-23)45-30-26(43-21(7)36)22(35(10)11)14-17(3)42-30/h16-17,19-20,22-23,26-28,30H,4,13-15H2,1-3,5-12H3,(H,34,40)/t16-,17-,19+,20-,22+,23-,26-,27-,28-,30+,32-,33-/m1/s1. The van der Waals surface area contributed by atoms with Gasteiger partial charge < -0.3 is 38.6 Å². The van der Waals surface area contributed by atoms with Crippen LogP contribution >= 0.6 is 0 Å². The Bertz CT molecular complexity index is 1210. The highest BCUT2D eigenvalue weighted by molar-refractivity contribution is 6.00. The molecule has 0 aromatic rings. The molecule has 1 amide bonds. The fraction of sp³-hybridized carbons (Fsp3) is 0.788. The number of fused-ring (bicyclic) bond motifs is 1. The molecule has 0 bridgehead atoms. The van der Waals surface area contributed by atoms with E-state index in [1.165, 1.54) is 21.0 Å². The van der Waals surface area contributed by atoms with E-state index < -0.39 is 83.4 Å². The number of Topliss-reactive ketones (excluding diaryl/α,β-unsaturated/α-hetero) is 2. The van der Waals surface area contributed by atoms with E-state index in [1.807, 2.05) is 25.9 Å². The predicted octanol–water partition coefficient (Wildman–Crippen LogP) is 2.97. The van der Waals surface area contributed by atoms with Crippen molar-refractivity contribution >= 4 is 29.6 Å². The molecule has 12 atom stereocenters. The molecule has 13 heteroatoms. The van der Waals surface area contributed by atoms with Gasteiger partial charge in [0.05, 0.1) is 23.9 Å². The number of cyclic esters (lactones) is 1. The zero-order valence-corrected chi connectivity index (χ0v) is 29.0. The lowest BCUT2D eigenvalue weighted by Gasteiger charge is -2.47. The number of carbonyl (C=O) groups is 5. The summed E-state index contributed by atoms with van der Waals surface area (Å²) in [5.41, 5.74) is -2.68. The first-order valence-electron chi connectivity index (χ1n) is 16.0. The summed E-state index contributed by atoms with van der Waals surface area (Å²) in [4.78, 5) is 68.2. The van der Waals surface area contributed by atoms with Crippen LogP contribution in [0.25, 0.3) is 0 Å².